The highest BCUT2D eigenvalue weighted by Gasteiger charge is 2.15. The number of anilines is 1. The number of rotatable bonds is 4. The number of carbonyl (C=O) groups excluding carboxylic acids is 1. The smallest absolute Gasteiger partial charge is 0.258 e. The number of nitrogens with one attached hydrogen (secondary N) is 1. The van der Waals surface area contributed by atoms with Crippen molar-refractivity contribution in [2.45, 2.75) is 6.92 Å². The van der Waals surface area contributed by atoms with Crippen LogP contribution in [0.5, 0.6) is 11.5 Å². The van der Waals surface area contributed by atoms with Crippen molar-refractivity contribution < 1.29 is 14.3 Å². The van der Waals surface area contributed by atoms with E-state index >= 15 is 0 Å². The number of pyridine rings is 1. The van der Waals surface area contributed by atoms with E-state index in [9.17, 15) is 4.79 Å². The Hall–Kier alpha value is -3.09. The van der Waals surface area contributed by atoms with Gasteiger partial charge in [0, 0.05) is 17.3 Å². The molecule has 0 saturated heterocycles. The van der Waals surface area contributed by atoms with Gasteiger partial charge in [0.1, 0.15) is 11.5 Å². The number of ether oxygens (including phenoxy) is 2. The van der Waals surface area contributed by atoms with Gasteiger partial charge >= 0.3 is 0 Å². The van der Waals surface area contributed by atoms with Gasteiger partial charge in [0.05, 0.1) is 14.2 Å². The SMILES string of the molecule is COc1cc(C(=O)Nc2nnc3ccccn23)cc(OC)c1C. The fourth-order valence-electron chi connectivity index (χ4n) is 2.32. The second-order valence-electron chi connectivity index (χ2n) is 4.91. The minimum absolute atomic E-state index is 0.320. The Morgan fingerprint density at radius 3 is 2.48 bits per heavy atom. The van der Waals surface area contributed by atoms with E-state index in [-0.39, 0.29) is 5.91 Å². The zero-order valence-corrected chi connectivity index (χ0v) is 13.0. The van der Waals surface area contributed by atoms with Crippen molar-refractivity contribution in [2.24, 2.45) is 0 Å². The van der Waals surface area contributed by atoms with Crippen LogP contribution in [0.15, 0.2) is 36.5 Å². The molecule has 0 aliphatic heterocycles. The minimum Gasteiger partial charge on any atom is -0.496 e. The zero-order valence-electron chi connectivity index (χ0n) is 13.0. The monoisotopic (exact) mass is 312 g/mol. The highest BCUT2D eigenvalue weighted by atomic mass is 16.5. The maximum absolute atomic E-state index is 12.5. The Morgan fingerprint density at radius 1 is 1.13 bits per heavy atom. The largest absolute Gasteiger partial charge is 0.496 e. The van der Waals surface area contributed by atoms with Crippen LogP contribution in [-0.4, -0.2) is 34.7 Å². The summed E-state index contributed by atoms with van der Waals surface area (Å²) < 4.78 is 12.3. The molecule has 2 heterocycles. The molecule has 7 nitrogen and oxygen atoms in total. The molecule has 1 N–H and O–H groups in total. The van der Waals surface area contributed by atoms with Crippen molar-refractivity contribution >= 4 is 17.5 Å². The molecule has 1 amide bonds. The molecule has 1 aromatic carbocycles. The molecule has 3 aromatic rings. The van der Waals surface area contributed by atoms with E-state index in [1.165, 1.54) is 0 Å². The van der Waals surface area contributed by atoms with Crippen LogP contribution in [0, 0.1) is 6.92 Å². The number of nitrogens with zero attached hydrogens (tertiary/aromatic N) is 3. The van der Waals surface area contributed by atoms with Crippen LogP contribution in [0.2, 0.25) is 0 Å². The van der Waals surface area contributed by atoms with Gasteiger partial charge in [-0.15, -0.1) is 10.2 Å². The standard InChI is InChI=1S/C16H16N4O3/c1-10-12(22-2)8-11(9-13(10)23-3)15(21)17-16-19-18-14-6-4-5-7-20(14)16/h4-9H,1-3H3,(H,17,19,21). The maximum atomic E-state index is 12.5. The van der Waals surface area contributed by atoms with E-state index in [1.54, 1.807) is 43.0 Å². The predicted octanol–water partition coefficient (Wildman–Crippen LogP) is 2.31. The normalized spacial score (nSPS) is 10.6. The van der Waals surface area contributed by atoms with Crippen molar-refractivity contribution in [1.82, 2.24) is 14.6 Å². The van der Waals surface area contributed by atoms with E-state index < -0.39 is 0 Å². The summed E-state index contributed by atoms with van der Waals surface area (Å²) in [4.78, 5) is 12.5. The third-order valence-corrected chi connectivity index (χ3v) is 3.55. The fourth-order valence-corrected chi connectivity index (χ4v) is 2.32. The molecule has 2 aromatic heterocycles. The number of aromatic nitrogens is 3. The Bertz CT molecular complexity index is 848. The first-order chi connectivity index (χ1) is 11.1. The molecule has 118 valence electrons. The van der Waals surface area contributed by atoms with Crippen molar-refractivity contribution in [3.8, 4) is 11.5 Å². The lowest BCUT2D eigenvalue weighted by molar-refractivity contribution is 0.102. The zero-order chi connectivity index (χ0) is 16.4. The average Bonchev–Trinajstić information content (AvgIpc) is 2.98. The van der Waals surface area contributed by atoms with Crippen molar-refractivity contribution in [3.63, 3.8) is 0 Å². The second kappa shape index (κ2) is 5.96. The van der Waals surface area contributed by atoms with Crippen LogP contribution >= 0.6 is 0 Å². The van der Waals surface area contributed by atoms with Crippen LogP contribution in [0.1, 0.15) is 15.9 Å². The molecule has 23 heavy (non-hydrogen) atoms. The molecule has 7 heteroatoms. The summed E-state index contributed by atoms with van der Waals surface area (Å²) in [6.45, 7) is 1.87. The van der Waals surface area contributed by atoms with Gasteiger partial charge in [0.2, 0.25) is 5.95 Å². The topological polar surface area (TPSA) is 77.8 Å². The predicted molar refractivity (Wildman–Crippen MR) is 85.2 cm³/mol. The fraction of sp³-hybridized carbons (Fsp3) is 0.188. The van der Waals surface area contributed by atoms with E-state index in [4.69, 9.17) is 9.47 Å². The quantitative estimate of drug-likeness (QED) is 0.800. The summed E-state index contributed by atoms with van der Waals surface area (Å²) in [6.07, 6.45) is 1.78. The Morgan fingerprint density at radius 2 is 1.83 bits per heavy atom. The van der Waals surface area contributed by atoms with E-state index in [0.717, 1.165) is 5.56 Å². The van der Waals surface area contributed by atoms with Crippen molar-refractivity contribution in [1.29, 1.82) is 0 Å². The lowest BCUT2D eigenvalue weighted by atomic mass is 10.1. The van der Waals surface area contributed by atoms with E-state index in [2.05, 4.69) is 15.5 Å². The number of hydrogen-bond donors (Lipinski definition) is 1. The summed E-state index contributed by atoms with van der Waals surface area (Å²) >= 11 is 0. The van der Waals surface area contributed by atoms with Crippen LogP contribution in [-0.2, 0) is 0 Å². The highest BCUT2D eigenvalue weighted by Crippen LogP contribution is 2.29. The maximum Gasteiger partial charge on any atom is 0.258 e. The lowest BCUT2D eigenvalue weighted by Gasteiger charge is -2.12. The van der Waals surface area contributed by atoms with Crippen LogP contribution in [0.4, 0.5) is 5.95 Å². The van der Waals surface area contributed by atoms with Gasteiger partial charge in [-0.1, -0.05) is 6.07 Å². The Labute approximate surface area is 132 Å². The molecule has 0 fully saturated rings. The summed E-state index contributed by atoms with van der Waals surface area (Å²) in [5, 5.41) is 10.7. The number of fused-ring (bicyclic) bond motifs is 1. The third kappa shape index (κ3) is 2.68. The third-order valence-electron chi connectivity index (χ3n) is 3.55. The number of benzene rings is 1. The van der Waals surface area contributed by atoms with Crippen LogP contribution < -0.4 is 14.8 Å². The van der Waals surface area contributed by atoms with Crippen LogP contribution in [0.3, 0.4) is 0 Å². The molecule has 0 radical (unpaired) electrons. The van der Waals surface area contributed by atoms with Gasteiger partial charge in [0.15, 0.2) is 5.65 Å². The first-order valence-electron chi connectivity index (χ1n) is 6.97. The van der Waals surface area contributed by atoms with E-state index in [0.29, 0.717) is 28.7 Å². The van der Waals surface area contributed by atoms with Gasteiger partial charge in [-0.05, 0) is 31.2 Å². The molecule has 0 atom stereocenters. The van der Waals surface area contributed by atoms with Crippen molar-refractivity contribution in [2.75, 3.05) is 19.5 Å². The number of hydrogen-bond acceptors (Lipinski definition) is 5. The lowest BCUT2D eigenvalue weighted by Crippen LogP contribution is -2.14. The molecule has 0 bridgehead atoms. The molecule has 0 aliphatic carbocycles. The number of carbonyl (C=O) groups is 1. The molecule has 3 rings (SSSR count). The molecule has 0 spiro atoms. The Balaban J connectivity index is 1.94. The molecular weight excluding hydrogens is 296 g/mol. The van der Waals surface area contributed by atoms with E-state index in [1.807, 2.05) is 19.1 Å². The first kappa shape index (κ1) is 14.8. The van der Waals surface area contributed by atoms with Gasteiger partial charge in [-0.3, -0.25) is 14.5 Å². The van der Waals surface area contributed by atoms with Gasteiger partial charge < -0.3 is 9.47 Å². The number of methoxy groups -OCH3 is 2. The number of amides is 1. The molecular formula is C16H16N4O3. The van der Waals surface area contributed by atoms with Gasteiger partial charge in [0.25, 0.3) is 5.91 Å². The minimum atomic E-state index is -0.320. The summed E-state index contributed by atoms with van der Waals surface area (Å²) in [6, 6.07) is 8.82. The molecule has 0 aliphatic rings. The van der Waals surface area contributed by atoms with Gasteiger partial charge in [-0.2, -0.15) is 0 Å². The summed E-state index contributed by atoms with van der Waals surface area (Å²) in [7, 11) is 3.10. The summed E-state index contributed by atoms with van der Waals surface area (Å²) in [5.74, 6) is 1.20. The molecule has 0 unspecified atom stereocenters. The highest BCUT2D eigenvalue weighted by molar-refractivity contribution is 6.04. The second-order valence-corrected chi connectivity index (χ2v) is 4.91. The summed E-state index contributed by atoms with van der Waals surface area (Å²) in [5.41, 5.74) is 1.90. The first-order valence-corrected chi connectivity index (χ1v) is 6.97. The van der Waals surface area contributed by atoms with Gasteiger partial charge in [-0.25, -0.2) is 0 Å². The van der Waals surface area contributed by atoms with Crippen LogP contribution in [0.25, 0.3) is 5.65 Å². The van der Waals surface area contributed by atoms with Crippen molar-refractivity contribution in [3.05, 3.63) is 47.7 Å². The molecule has 0 saturated carbocycles. The average molecular weight is 312 g/mol. The Kier molecular flexibility index (Phi) is 3.84.